The lowest BCUT2D eigenvalue weighted by atomic mass is 9.98. The molecule has 32 heavy (non-hydrogen) atoms. The number of likely N-dealkylation sites (tertiary alicyclic amines) is 1. The van der Waals surface area contributed by atoms with Crippen LogP contribution >= 0.6 is 35.1 Å². The van der Waals surface area contributed by atoms with Gasteiger partial charge in [0.15, 0.2) is 0 Å². The molecule has 174 valence electrons. The Bertz CT molecular complexity index is 1020. The summed E-state index contributed by atoms with van der Waals surface area (Å²) in [5.74, 6) is 1.96. The van der Waals surface area contributed by atoms with Crippen molar-refractivity contribution in [1.29, 1.82) is 0 Å². The molecule has 0 aliphatic carbocycles. The molecule has 1 heterocycles. The van der Waals surface area contributed by atoms with Crippen LogP contribution in [0.15, 0.2) is 52.3 Å². The third kappa shape index (κ3) is 6.90. The second-order valence-corrected chi connectivity index (χ2v) is 12.1. The van der Waals surface area contributed by atoms with E-state index in [-0.39, 0.29) is 10.8 Å². The van der Waals surface area contributed by atoms with Gasteiger partial charge in [-0.25, -0.2) is 13.1 Å². The molecule has 0 saturated carbocycles. The highest BCUT2D eigenvalue weighted by Gasteiger charge is 2.25. The van der Waals surface area contributed by atoms with Crippen molar-refractivity contribution in [2.75, 3.05) is 31.6 Å². The first kappa shape index (κ1) is 25.4. The quantitative estimate of drug-likeness (QED) is 0.372. The van der Waals surface area contributed by atoms with E-state index < -0.39 is 10.0 Å². The van der Waals surface area contributed by atoms with Gasteiger partial charge in [0, 0.05) is 41.1 Å². The summed E-state index contributed by atoms with van der Waals surface area (Å²) in [4.78, 5) is 15.9. The van der Waals surface area contributed by atoms with Gasteiger partial charge in [0.2, 0.25) is 10.0 Å². The van der Waals surface area contributed by atoms with Crippen LogP contribution in [0.4, 0.5) is 0 Å². The third-order valence-electron chi connectivity index (χ3n) is 5.50. The number of benzene rings is 2. The zero-order valence-electron chi connectivity index (χ0n) is 18.3. The number of thioether (sulfide) groups is 2. The Kier molecular flexibility index (Phi) is 9.37. The minimum atomic E-state index is -3.69. The number of halogens is 1. The van der Waals surface area contributed by atoms with Gasteiger partial charge in [-0.15, -0.1) is 11.8 Å². The molecular weight excluding hydrogens is 484 g/mol. The zero-order chi connectivity index (χ0) is 23.1. The molecule has 0 unspecified atom stereocenters. The second kappa shape index (κ2) is 11.8. The monoisotopic (exact) mass is 512 g/mol. The molecule has 1 N–H and O–H groups in total. The molecule has 5 nitrogen and oxygen atoms in total. The van der Waals surface area contributed by atoms with Gasteiger partial charge in [0.1, 0.15) is 0 Å². The molecule has 0 spiro atoms. The summed E-state index contributed by atoms with van der Waals surface area (Å²) in [6, 6.07) is 12.5. The molecule has 1 amide bonds. The van der Waals surface area contributed by atoms with Crippen LogP contribution < -0.4 is 4.72 Å². The Morgan fingerprint density at radius 1 is 1.16 bits per heavy atom. The summed E-state index contributed by atoms with van der Waals surface area (Å²) in [6.45, 7) is 3.95. The Labute approximate surface area is 204 Å². The first-order chi connectivity index (χ1) is 15.3. The van der Waals surface area contributed by atoms with Crippen LogP contribution in [0.2, 0.25) is 5.02 Å². The average molecular weight is 513 g/mol. The maximum Gasteiger partial charge on any atom is 0.255 e. The van der Waals surface area contributed by atoms with Crippen molar-refractivity contribution in [3.05, 3.63) is 58.6 Å². The zero-order valence-corrected chi connectivity index (χ0v) is 21.5. The Morgan fingerprint density at radius 2 is 1.84 bits per heavy atom. The lowest BCUT2D eigenvalue weighted by molar-refractivity contribution is 0.0693. The van der Waals surface area contributed by atoms with Crippen LogP contribution in [0.3, 0.4) is 0 Å². The van der Waals surface area contributed by atoms with Crippen LogP contribution in [-0.4, -0.2) is 50.9 Å². The van der Waals surface area contributed by atoms with Crippen LogP contribution in [-0.2, 0) is 15.8 Å². The van der Waals surface area contributed by atoms with Gasteiger partial charge < -0.3 is 4.90 Å². The number of nitrogens with zero attached hydrogens (tertiary/aromatic N) is 1. The smallest absolute Gasteiger partial charge is 0.255 e. The van der Waals surface area contributed by atoms with E-state index in [0.29, 0.717) is 41.9 Å². The van der Waals surface area contributed by atoms with Gasteiger partial charge in [-0.1, -0.05) is 30.7 Å². The number of piperidine rings is 1. The molecule has 3 rings (SSSR count). The molecule has 0 atom stereocenters. The predicted octanol–water partition coefficient (Wildman–Crippen LogP) is 5.15. The van der Waals surface area contributed by atoms with E-state index in [1.807, 2.05) is 35.4 Å². The maximum atomic E-state index is 13.1. The van der Waals surface area contributed by atoms with E-state index in [9.17, 15) is 13.2 Å². The van der Waals surface area contributed by atoms with Crippen LogP contribution in [0, 0.1) is 5.92 Å². The summed E-state index contributed by atoms with van der Waals surface area (Å²) in [5, 5.41) is 0.701. The van der Waals surface area contributed by atoms with Crippen molar-refractivity contribution < 1.29 is 13.2 Å². The molecule has 1 fully saturated rings. The minimum Gasteiger partial charge on any atom is -0.339 e. The van der Waals surface area contributed by atoms with Crippen LogP contribution in [0.1, 0.15) is 35.7 Å². The van der Waals surface area contributed by atoms with Gasteiger partial charge in [0.05, 0.1) is 10.5 Å². The van der Waals surface area contributed by atoms with E-state index in [0.717, 1.165) is 29.1 Å². The molecule has 2 aromatic carbocycles. The Morgan fingerprint density at radius 3 is 2.50 bits per heavy atom. The molecule has 0 bridgehead atoms. The van der Waals surface area contributed by atoms with Crippen molar-refractivity contribution in [3.8, 4) is 0 Å². The SMILES string of the molecule is CSc1ccc(S(=O)(=O)NCCSCc2ccc(Cl)cc2)cc1C(=O)N1CCC(C)CC1. The first-order valence-corrected chi connectivity index (χ1v) is 14.8. The Balaban J connectivity index is 1.60. The maximum absolute atomic E-state index is 13.1. The highest BCUT2D eigenvalue weighted by atomic mass is 35.5. The largest absolute Gasteiger partial charge is 0.339 e. The van der Waals surface area contributed by atoms with Gasteiger partial charge in [-0.2, -0.15) is 11.8 Å². The normalized spacial score (nSPS) is 15.2. The first-order valence-electron chi connectivity index (χ1n) is 10.6. The number of carbonyl (C=O) groups excluding carboxylic acids is 1. The summed E-state index contributed by atoms with van der Waals surface area (Å²) in [7, 11) is -3.69. The molecule has 9 heteroatoms. The van der Waals surface area contributed by atoms with Crippen LogP contribution in [0.25, 0.3) is 0 Å². The Hall–Kier alpha value is -1.19. The van der Waals surface area contributed by atoms with Crippen molar-refractivity contribution in [2.24, 2.45) is 5.92 Å². The fourth-order valence-electron chi connectivity index (χ4n) is 3.51. The van der Waals surface area contributed by atoms with Crippen molar-refractivity contribution >= 4 is 51.1 Å². The van der Waals surface area contributed by atoms with Gasteiger partial charge in [-0.3, -0.25) is 4.79 Å². The minimum absolute atomic E-state index is 0.0863. The van der Waals surface area contributed by atoms with Crippen molar-refractivity contribution in [3.63, 3.8) is 0 Å². The fraction of sp³-hybridized carbons (Fsp3) is 0.435. The van der Waals surface area contributed by atoms with Crippen LogP contribution in [0.5, 0.6) is 0 Å². The van der Waals surface area contributed by atoms with E-state index >= 15 is 0 Å². The van der Waals surface area contributed by atoms with E-state index in [2.05, 4.69) is 11.6 Å². The summed E-state index contributed by atoms with van der Waals surface area (Å²) in [5.41, 5.74) is 1.61. The molecule has 1 aliphatic rings. The van der Waals surface area contributed by atoms with Gasteiger partial charge in [-0.05, 0) is 60.9 Å². The standard InChI is InChI=1S/C23H29ClN2O3S3/c1-17-9-12-26(13-10-17)23(27)21-15-20(7-8-22(21)30-2)32(28,29)25-11-14-31-16-18-3-5-19(24)6-4-18/h3-8,15,17,25H,9-14,16H2,1-2H3. The number of nitrogens with one attached hydrogen (secondary N) is 1. The number of amides is 1. The molecule has 0 aromatic heterocycles. The molecule has 2 aromatic rings. The number of hydrogen-bond acceptors (Lipinski definition) is 5. The third-order valence-corrected chi connectivity index (χ3v) is 9.04. The average Bonchev–Trinajstić information content (AvgIpc) is 2.79. The second-order valence-electron chi connectivity index (χ2n) is 7.91. The summed E-state index contributed by atoms with van der Waals surface area (Å²) < 4.78 is 28.3. The number of rotatable bonds is 9. The van der Waals surface area contributed by atoms with E-state index in [1.165, 1.54) is 17.8 Å². The highest BCUT2D eigenvalue weighted by molar-refractivity contribution is 7.98. The van der Waals surface area contributed by atoms with Crippen molar-refractivity contribution in [2.45, 2.75) is 35.3 Å². The lowest BCUT2D eigenvalue weighted by Crippen LogP contribution is -2.38. The predicted molar refractivity (Wildman–Crippen MR) is 135 cm³/mol. The highest BCUT2D eigenvalue weighted by Crippen LogP contribution is 2.27. The van der Waals surface area contributed by atoms with Crippen molar-refractivity contribution in [1.82, 2.24) is 9.62 Å². The number of hydrogen-bond donors (Lipinski definition) is 1. The summed E-state index contributed by atoms with van der Waals surface area (Å²) in [6.07, 6.45) is 3.86. The van der Waals surface area contributed by atoms with E-state index in [1.54, 1.807) is 23.9 Å². The topological polar surface area (TPSA) is 66.5 Å². The fourth-order valence-corrected chi connectivity index (χ4v) is 6.21. The molecule has 1 aliphatic heterocycles. The molecular formula is C23H29ClN2O3S3. The molecule has 1 saturated heterocycles. The van der Waals surface area contributed by atoms with E-state index in [4.69, 9.17) is 11.6 Å². The van der Waals surface area contributed by atoms with Gasteiger partial charge in [0.25, 0.3) is 5.91 Å². The lowest BCUT2D eigenvalue weighted by Gasteiger charge is -2.30. The van der Waals surface area contributed by atoms with Gasteiger partial charge >= 0.3 is 0 Å². The number of sulfonamides is 1. The number of carbonyl (C=O) groups is 1. The molecule has 0 radical (unpaired) electrons. The summed E-state index contributed by atoms with van der Waals surface area (Å²) >= 11 is 9.00.